The summed E-state index contributed by atoms with van der Waals surface area (Å²) >= 11 is 4.60. The van der Waals surface area contributed by atoms with Crippen molar-refractivity contribution < 1.29 is 14.0 Å². The number of nitrogens with zero attached hydrogens (tertiary/aromatic N) is 2. The maximum absolute atomic E-state index is 13.4. The van der Waals surface area contributed by atoms with Crippen molar-refractivity contribution in [3.05, 3.63) is 105 Å². The molecular weight excluding hydrogens is 505 g/mol. The van der Waals surface area contributed by atoms with Crippen LogP contribution in [0.2, 0.25) is 0 Å². The van der Waals surface area contributed by atoms with Gasteiger partial charge in [0.15, 0.2) is 0 Å². The first-order chi connectivity index (χ1) is 16.0. The number of carbonyl (C=O) groups excluding carboxylic acids is 2. The van der Waals surface area contributed by atoms with Gasteiger partial charge in [-0.2, -0.15) is 5.26 Å². The van der Waals surface area contributed by atoms with Crippen LogP contribution >= 0.6 is 27.7 Å². The highest BCUT2D eigenvalue weighted by atomic mass is 79.9. The van der Waals surface area contributed by atoms with Crippen LogP contribution in [0.4, 0.5) is 15.8 Å². The number of thioether (sulfide) groups is 1. The third-order valence-corrected chi connectivity index (χ3v) is 6.75. The monoisotopic (exact) mass is 521 g/mol. The van der Waals surface area contributed by atoms with Crippen molar-refractivity contribution in [2.75, 3.05) is 10.2 Å². The summed E-state index contributed by atoms with van der Waals surface area (Å²) in [6.07, 6.45) is 0.446. The number of nitrogens with one attached hydrogen (secondary N) is 1. The molecule has 0 bridgehead atoms. The van der Waals surface area contributed by atoms with E-state index in [1.54, 1.807) is 24.3 Å². The van der Waals surface area contributed by atoms with Gasteiger partial charge in [0.2, 0.25) is 5.91 Å². The lowest BCUT2D eigenvalue weighted by molar-refractivity contribution is -0.117. The smallest absolute Gasteiger partial charge is 0.269 e. The van der Waals surface area contributed by atoms with Crippen molar-refractivity contribution >= 4 is 50.9 Å². The van der Waals surface area contributed by atoms with E-state index in [2.05, 4.69) is 21.2 Å². The van der Waals surface area contributed by atoms with E-state index < -0.39 is 17.0 Å². The Morgan fingerprint density at radius 2 is 1.73 bits per heavy atom. The van der Waals surface area contributed by atoms with E-state index in [4.69, 9.17) is 0 Å². The molecule has 1 atom stereocenters. The average molecular weight is 522 g/mol. The zero-order valence-electron chi connectivity index (χ0n) is 17.2. The van der Waals surface area contributed by atoms with E-state index in [9.17, 15) is 19.2 Å². The Labute approximate surface area is 203 Å². The van der Waals surface area contributed by atoms with Crippen LogP contribution in [0.5, 0.6) is 0 Å². The van der Waals surface area contributed by atoms with Crippen LogP contribution in [0.15, 0.2) is 93.9 Å². The predicted octanol–water partition coefficient (Wildman–Crippen LogP) is 5.65. The summed E-state index contributed by atoms with van der Waals surface area (Å²) in [6.45, 7) is 0. The summed E-state index contributed by atoms with van der Waals surface area (Å²) < 4.78 is 14.1. The molecule has 0 aliphatic carbocycles. The topological polar surface area (TPSA) is 73.2 Å². The van der Waals surface area contributed by atoms with Crippen molar-refractivity contribution in [3.63, 3.8) is 0 Å². The van der Waals surface area contributed by atoms with Gasteiger partial charge < -0.3 is 5.32 Å². The van der Waals surface area contributed by atoms with Crippen molar-refractivity contribution in [1.29, 1.82) is 5.26 Å². The lowest BCUT2D eigenvalue weighted by Gasteiger charge is -2.18. The first kappa shape index (κ1) is 22.8. The van der Waals surface area contributed by atoms with Crippen LogP contribution in [0.1, 0.15) is 5.56 Å². The Morgan fingerprint density at radius 1 is 1.06 bits per heavy atom. The summed E-state index contributed by atoms with van der Waals surface area (Å²) in [7, 11) is 0. The average Bonchev–Trinajstić information content (AvgIpc) is 3.13. The second kappa shape index (κ2) is 10.0. The molecule has 1 aliphatic heterocycles. The Kier molecular flexibility index (Phi) is 6.92. The number of carbonyl (C=O) groups is 2. The van der Waals surface area contributed by atoms with Gasteiger partial charge in [-0.15, -0.1) is 0 Å². The highest BCUT2D eigenvalue weighted by Crippen LogP contribution is 2.42. The molecule has 1 unspecified atom stereocenters. The van der Waals surface area contributed by atoms with E-state index in [0.717, 1.165) is 10.0 Å². The van der Waals surface area contributed by atoms with Crippen molar-refractivity contribution in [2.24, 2.45) is 0 Å². The first-order valence-corrected chi connectivity index (χ1v) is 11.6. The number of amides is 2. The fourth-order valence-corrected chi connectivity index (χ4v) is 4.93. The lowest BCUT2D eigenvalue weighted by Crippen LogP contribution is -2.30. The van der Waals surface area contributed by atoms with Gasteiger partial charge in [0, 0.05) is 15.8 Å². The Bertz CT molecular complexity index is 1260. The number of para-hydroxylation sites is 1. The quantitative estimate of drug-likeness (QED) is 0.347. The number of hydrogen-bond acceptors (Lipinski definition) is 4. The molecule has 3 aromatic rings. The van der Waals surface area contributed by atoms with Crippen LogP contribution in [0, 0.1) is 17.1 Å². The maximum Gasteiger partial charge on any atom is 0.269 e. The van der Waals surface area contributed by atoms with Crippen molar-refractivity contribution in [2.45, 2.75) is 11.7 Å². The second-order valence-electron chi connectivity index (χ2n) is 7.20. The van der Waals surface area contributed by atoms with Crippen LogP contribution < -0.4 is 10.2 Å². The normalized spacial score (nSPS) is 16.9. The molecule has 0 saturated carbocycles. The molecule has 164 valence electrons. The van der Waals surface area contributed by atoms with Gasteiger partial charge in [0.1, 0.15) is 22.5 Å². The Balaban J connectivity index is 1.70. The Morgan fingerprint density at radius 3 is 2.36 bits per heavy atom. The van der Waals surface area contributed by atoms with Gasteiger partial charge in [-0.1, -0.05) is 58.0 Å². The molecule has 4 rings (SSSR count). The molecule has 8 heteroatoms. The molecule has 1 fully saturated rings. The predicted molar refractivity (Wildman–Crippen MR) is 131 cm³/mol. The third-order valence-electron chi connectivity index (χ3n) is 4.96. The SMILES string of the molecule is N#CC(C(=O)Nc1ccc(F)cc1)=C1SC(Cc2ccc(Br)cc2)C(=O)N1c1ccccc1. The first-order valence-electron chi connectivity index (χ1n) is 9.97. The number of nitriles is 1. The van der Waals surface area contributed by atoms with E-state index in [0.29, 0.717) is 17.8 Å². The molecule has 0 radical (unpaired) electrons. The summed E-state index contributed by atoms with van der Waals surface area (Å²) in [5.41, 5.74) is 1.71. The summed E-state index contributed by atoms with van der Waals surface area (Å²) in [5, 5.41) is 12.2. The van der Waals surface area contributed by atoms with E-state index in [1.807, 2.05) is 36.4 Å². The van der Waals surface area contributed by atoms with E-state index >= 15 is 0 Å². The van der Waals surface area contributed by atoms with Gasteiger partial charge in [-0.3, -0.25) is 14.5 Å². The zero-order valence-corrected chi connectivity index (χ0v) is 19.6. The molecule has 3 aromatic carbocycles. The number of benzene rings is 3. The second-order valence-corrected chi connectivity index (χ2v) is 9.31. The highest BCUT2D eigenvalue weighted by molar-refractivity contribution is 9.10. The van der Waals surface area contributed by atoms with Gasteiger partial charge in [0.05, 0.1) is 5.25 Å². The van der Waals surface area contributed by atoms with Crippen molar-refractivity contribution in [1.82, 2.24) is 0 Å². The number of rotatable bonds is 5. The molecule has 1 heterocycles. The van der Waals surface area contributed by atoms with Crippen molar-refractivity contribution in [3.8, 4) is 6.07 Å². The molecule has 1 saturated heterocycles. The largest absolute Gasteiger partial charge is 0.321 e. The minimum absolute atomic E-state index is 0.181. The van der Waals surface area contributed by atoms with Gasteiger partial charge in [-0.05, 0) is 60.5 Å². The number of hydrogen-bond donors (Lipinski definition) is 1. The standard InChI is InChI=1S/C25H17BrFN3O2S/c26-17-8-6-16(7-9-17)14-22-24(32)30(20-4-2-1-3-5-20)25(33-22)21(15-28)23(31)29-19-12-10-18(27)11-13-19/h1-13,22H,14H2,(H,29,31). The van der Waals surface area contributed by atoms with Crippen LogP contribution in [-0.2, 0) is 16.0 Å². The van der Waals surface area contributed by atoms with Crippen LogP contribution in [0.25, 0.3) is 0 Å². The maximum atomic E-state index is 13.4. The summed E-state index contributed by atoms with van der Waals surface area (Å²) in [6, 6.07) is 23.8. The van der Waals surface area contributed by atoms with Gasteiger partial charge in [0.25, 0.3) is 5.91 Å². The third kappa shape index (κ3) is 5.16. The molecule has 2 amide bonds. The van der Waals surface area contributed by atoms with Crippen LogP contribution in [0.3, 0.4) is 0 Å². The minimum atomic E-state index is -0.662. The van der Waals surface area contributed by atoms with E-state index in [1.165, 1.54) is 40.9 Å². The van der Waals surface area contributed by atoms with Crippen LogP contribution in [-0.4, -0.2) is 17.1 Å². The van der Waals surface area contributed by atoms with Gasteiger partial charge >= 0.3 is 0 Å². The zero-order chi connectivity index (χ0) is 23.4. The fourth-order valence-electron chi connectivity index (χ4n) is 3.36. The summed E-state index contributed by atoms with van der Waals surface area (Å²) in [5.74, 6) is -1.30. The molecular formula is C25H17BrFN3O2S. The summed E-state index contributed by atoms with van der Waals surface area (Å²) in [4.78, 5) is 27.8. The molecule has 5 nitrogen and oxygen atoms in total. The fraction of sp³-hybridized carbons (Fsp3) is 0.0800. The number of halogens is 2. The molecule has 1 aliphatic rings. The molecule has 33 heavy (non-hydrogen) atoms. The molecule has 0 aromatic heterocycles. The number of anilines is 2. The minimum Gasteiger partial charge on any atom is -0.321 e. The van der Waals surface area contributed by atoms with Gasteiger partial charge in [-0.25, -0.2) is 4.39 Å². The molecule has 0 spiro atoms. The van der Waals surface area contributed by atoms with E-state index in [-0.39, 0.29) is 16.5 Å². The molecule has 1 N–H and O–H groups in total. The lowest BCUT2D eigenvalue weighted by atomic mass is 10.1. The highest BCUT2D eigenvalue weighted by Gasteiger charge is 2.40. The Hall–Kier alpha value is -3.41.